The minimum atomic E-state index is 0.695. The van der Waals surface area contributed by atoms with E-state index in [1.807, 2.05) is 12.3 Å². The van der Waals surface area contributed by atoms with Gasteiger partial charge in [0.2, 0.25) is 5.88 Å². The van der Waals surface area contributed by atoms with Crippen LogP contribution in [0.15, 0.2) is 18.3 Å². The van der Waals surface area contributed by atoms with Gasteiger partial charge in [0.05, 0.1) is 7.11 Å². The lowest BCUT2D eigenvalue weighted by atomic mass is 9.79. The molecule has 3 heteroatoms. The summed E-state index contributed by atoms with van der Waals surface area (Å²) in [5, 5.41) is 3.64. The van der Waals surface area contributed by atoms with Crippen molar-refractivity contribution in [3.05, 3.63) is 23.9 Å². The molecule has 0 spiro atoms. The second-order valence-electron chi connectivity index (χ2n) is 5.28. The zero-order valence-corrected chi connectivity index (χ0v) is 10.4. The summed E-state index contributed by atoms with van der Waals surface area (Å²) in [6.07, 6.45) is 8.59. The lowest BCUT2D eigenvalue weighted by Gasteiger charge is -2.41. The largest absolute Gasteiger partial charge is 0.481 e. The van der Waals surface area contributed by atoms with Gasteiger partial charge in [-0.2, -0.15) is 0 Å². The highest BCUT2D eigenvalue weighted by Crippen LogP contribution is 2.34. The third-order valence-electron chi connectivity index (χ3n) is 4.21. The zero-order valence-electron chi connectivity index (χ0n) is 10.4. The fraction of sp³-hybridized carbons (Fsp3) is 0.643. The van der Waals surface area contributed by atoms with Crippen LogP contribution < -0.4 is 10.1 Å². The molecule has 0 radical (unpaired) electrons. The van der Waals surface area contributed by atoms with E-state index in [2.05, 4.69) is 16.4 Å². The van der Waals surface area contributed by atoms with Crippen molar-refractivity contribution in [1.29, 1.82) is 0 Å². The molecule has 2 unspecified atom stereocenters. The van der Waals surface area contributed by atoms with Crippen molar-refractivity contribution in [2.24, 2.45) is 0 Å². The predicted octanol–water partition coefficient (Wildman–Crippen LogP) is 2.48. The lowest BCUT2D eigenvalue weighted by molar-refractivity contribution is 0.202. The summed E-state index contributed by atoms with van der Waals surface area (Å²) in [5.41, 5.74) is 1.38. The van der Waals surface area contributed by atoms with E-state index >= 15 is 0 Å². The van der Waals surface area contributed by atoms with Gasteiger partial charge in [0.1, 0.15) is 0 Å². The van der Waals surface area contributed by atoms with Crippen molar-refractivity contribution >= 4 is 0 Å². The van der Waals surface area contributed by atoms with Crippen LogP contribution in [0.2, 0.25) is 0 Å². The summed E-state index contributed by atoms with van der Waals surface area (Å²) in [6.45, 7) is 0. The van der Waals surface area contributed by atoms with Gasteiger partial charge in [0, 0.05) is 24.3 Å². The highest BCUT2D eigenvalue weighted by molar-refractivity contribution is 5.21. The van der Waals surface area contributed by atoms with Gasteiger partial charge >= 0.3 is 0 Å². The summed E-state index contributed by atoms with van der Waals surface area (Å²) >= 11 is 0. The van der Waals surface area contributed by atoms with Crippen molar-refractivity contribution in [2.45, 2.75) is 50.1 Å². The molecule has 92 valence electrons. The third-order valence-corrected chi connectivity index (χ3v) is 4.21. The van der Waals surface area contributed by atoms with Crippen molar-refractivity contribution < 1.29 is 4.74 Å². The number of hydrogen-bond donors (Lipinski definition) is 1. The molecule has 4 rings (SSSR count). The van der Waals surface area contributed by atoms with E-state index in [1.54, 1.807) is 7.11 Å². The topological polar surface area (TPSA) is 34.1 Å². The number of nitrogens with one attached hydrogen (secondary N) is 1. The minimum absolute atomic E-state index is 0.695. The lowest BCUT2D eigenvalue weighted by Crippen LogP contribution is -2.53. The van der Waals surface area contributed by atoms with Crippen LogP contribution in [0, 0.1) is 0 Å². The molecule has 1 N–H and O–H groups in total. The molecule has 1 aromatic rings. The van der Waals surface area contributed by atoms with Gasteiger partial charge in [0.15, 0.2) is 0 Å². The molecular formula is C14H20N2O. The third kappa shape index (κ3) is 2.29. The molecule has 1 aliphatic carbocycles. The van der Waals surface area contributed by atoms with Crippen LogP contribution in [-0.2, 0) is 0 Å². The Morgan fingerprint density at radius 2 is 1.88 bits per heavy atom. The maximum atomic E-state index is 5.10. The van der Waals surface area contributed by atoms with Crippen LogP contribution in [0.4, 0.5) is 0 Å². The number of aromatic nitrogens is 1. The SMILES string of the molecule is COc1ccc(C2CCC3CC(CC2)N3)cn1. The van der Waals surface area contributed by atoms with Crippen LogP contribution in [0.1, 0.15) is 43.6 Å². The molecule has 3 heterocycles. The number of fused-ring (bicyclic) bond motifs is 4. The summed E-state index contributed by atoms with van der Waals surface area (Å²) < 4.78 is 5.10. The Bertz CT molecular complexity index is 358. The average Bonchev–Trinajstić information content (AvgIpc) is 2.27. The van der Waals surface area contributed by atoms with Gasteiger partial charge < -0.3 is 10.1 Å². The molecule has 3 fully saturated rings. The summed E-state index contributed by atoms with van der Waals surface area (Å²) in [7, 11) is 1.66. The molecule has 2 bridgehead atoms. The van der Waals surface area contributed by atoms with E-state index in [4.69, 9.17) is 4.74 Å². The monoisotopic (exact) mass is 232 g/mol. The first-order valence-electron chi connectivity index (χ1n) is 6.61. The number of rotatable bonds is 2. The summed E-state index contributed by atoms with van der Waals surface area (Å²) in [5.74, 6) is 1.41. The van der Waals surface area contributed by atoms with Crippen molar-refractivity contribution in [3.8, 4) is 5.88 Å². The highest BCUT2D eigenvalue weighted by atomic mass is 16.5. The van der Waals surface area contributed by atoms with E-state index in [0.717, 1.165) is 12.1 Å². The smallest absolute Gasteiger partial charge is 0.212 e. The Balaban J connectivity index is 1.69. The average molecular weight is 232 g/mol. The first kappa shape index (κ1) is 11.0. The van der Waals surface area contributed by atoms with Crippen LogP contribution in [-0.4, -0.2) is 24.2 Å². The normalized spacial score (nSPS) is 32.2. The first-order valence-corrected chi connectivity index (χ1v) is 6.61. The van der Waals surface area contributed by atoms with E-state index in [9.17, 15) is 0 Å². The number of ether oxygens (including phenoxy) is 1. The number of pyridine rings is 1. The van der Waals surface area contributed by atoms with Gasteiger partial charge in [-0.25, -0.2) is 4.98 Å². The molecular weight excluding hydrogens is 212 g/mol. The van der Waals surface area contributed by atoms with Crippen molar-refractivity contribution in [3.63, 3.8) is 0 Å². The molecule has 2 aliphatic heterocycles. The van der Waals surface area contributed by atoms with E-state index < -0.39 is 0 Å². The predicted molar refractivity (Wildman–Crippen MR) is 67.3 cm³/mol. The van der Waals surface area contributed by atoms with E-state index in [0.29, 0.717) is 11.8 Å². The number of hydrogen-bond acceptors (Lipinski definition) is 3. The number of nitrogens with zero attached hydrogens (tertiary/aromatic N) is 1. The highest BCUT2D eigenvalue weighted by Gasteiger charge is 2.31. The van der Waals surface area contributed by atoms with Crippen LogP contribution >= 0.6 is 0 Å². The van der Waals surface area contributed by atoms with Crippen LogP contribution in [0.5, 0.6) is 5.88 Å². The molecule has 0 aromatic carbocycles. The van der Waals surface area contributed by atoms with Crippen molar-refractivity contribution in [2.75, 3.05) is 7.11 Å². The molecule has 2 atom stereocenters. The Labute approximate surface area is 103 Å². The Morgan fingerprint density at radius 1 is 1.18 bits per heavy atom. The van der Waals surface area contributed by atoms with E-state index in [1.165, 1.54) is 37.7 Å². The molecule has 3 aliphatic rings. The molecule has 17 heavy (non-hydrogen) atoms. The first-order chi connectivity index (χ1) is 8.35. The molecule has 2 saturated heterocycles. The van der Waals surface area contributed by atoms with Gasteiger partial charge in [0.25, 0.3) is 0 Å². The quantitative estimate of drug-likeness (QED) is 0.850. The number of methoxy groups -OCH3 is 1. The van der Waals surface area contributed by atoms with Gasteiger partial charge in [-0.3, -0.25) is 0 Å². The van der Waals surface area contributed by atoms with Crippen LogP contribution in [0.25, 0.3) is 0 Å². The molecule has 1 aromatic heterocycles. The summed E-state index contributed by atoms with van der Waals surface area (Å²) in [6, 6.07) is 5.73. The minimum Gasteiger partial charge on any atom is -0.481 e. The van der Waals surface area contributed by atoms with Gasteiger partial charge in [-0.15, -0.1) is 0 Å². The van der Waals surface area contributed by atoms with Crippen LogP contribution in [0.3, 0.4) is 0 Å². The van der Waals surface area contributed by atoms with Crippen molar-refractivity contribution in [1.82, 2.24) is 10.3 Å². The Kier molecular flexibility index (Phi) is 3.02. The Morgan fingerprint density at radius 3 is 2.41 bits per heavy atom. The van der Waals surface area contributed by atoms with Gasteiger partial charge in [-0.1, -0.05) is 6.07 Å². The standard InChI is InChI=1S/C14H20N2O/c1-17-14-7-4-11(9-15-14)10-2-5-12-8-13(16-12)6-3-10/h4,7,9-10,12-13,16H,2-3,5-6,8H2,1H3. The fourth-order valence-corrected chi connectivity index (χ4v) is 3.09. The fourth-order valence-electron chi connectivity index (χ4n) is 3.09. The Hall–Kier alpha value is -1.09. The van der Waals surface area contributed by atoms with Gasteiger partial charge in [-0.05, 0) is 43.6 Å². The zero-order chi connectivity index (χ0) is 11.7. The maximum Gasteiger partial charge on any atom is 0.212 e. The second kappa shape index (κ2) is 4.65. The molecule has 3 nitrogen and oxygen atoms in total. The summed E-state index contributed by atoms with van der Waals surface area (Å²) in [4.78, 5) is 4.32. The molecule has 1 saturated carbocycles. The molecule has 0 amide bonds. The maximum absolute atomic E-state index is 5.10. The van der Waals surface area contributed by atoms with E-state index in [-0.39, 0.29) is 0 Å². The second-order valence-corrected chi connectivity index (χ2v) is 5.28.